The number of ether oxygens (including phenoxy) is 1. The fourth-order valence-corrected chi connectivity index (χ4v) is 5.64. The quantitative estimate of drug-likeness (QED) is 0.388. The zero-order valence-electron chi connectivity index (χ0n) is 19.2. The molecule has 0 bridgehead atoms. The third-order valence-corrected chi connectivity index (χ3v) is 7.18. The van der Waals surface area contributed by atoms with Crippen LogP contribution in [0.15, 0.2) is 54.6 Å². The van der Waals surface area contributed by atoms with Crippen LogP contribution in [0, 0.1) is 18.8 Å². The van der Waals surface area contributed by atoms with E-state index in [1.807, 2.05) is 67.3 Å². The summed E-state index contributed by atoms with van der Waals surface area (Å²) in [6.45, 7) is 4.79. The Kier molecular flexibility index (Phi) is 5.41. The second-order valence-corrected chi connectivity index (χ2v) is 9.17. The average Bonchev–Trinajstić information content (AvgIpc) is 3.28. The van der Waals surface area contributed by atoms with Crippen molar-refractivity contribution in [2.45, 2.75) is 32.4 Å². The fourth-order valence-electron chi connectivity index (χ4n) is 5.64. The van der Waals surface area contributed by atoms with E-state index >= 15 is 0 Å². The molecule has 0 saturated carbocycles. The first-order valence-corrected chi connectivity index (χ1v) is 11.4. The zero-order valence-corrected chi connectivity index (χ0v) is 19.2. The summed E-state index contributed by atoms with van der Waals surface area (Å²) >= 11 is 0. The van der Waals surface area contributed by atoms with Gasteiger partial charge in [0.25, 0.3) is 0 Å². The topological polar surface area (TPSA) is 66.9 Å². The van der Waals surface area contributed by atoms with Crippen molar-refractivity contribution >= 4 is 28.9 Å². The first-order chi connectivity index (χ1) is 15.9. The van der Waals surface area contributed by atoms with Crippen molar-refractivity contribution in [3.63, 3.8) is 0 Å². The SMILES string of the molecule is COCCCN1C(=O)[C@@H]2[C@H](C1=O)[C@H](C(=O)c1ccc(C)cc1)N1c3ccccc3C(C)=C[C@@H]21. The molecule has 2 aromatic carbocycles. The van der Waals surface area contributed by atoms with Gasteiger partial charge in [0.1, 0.15) is 6.04 Å². The number of amides is 2. The molecule has 2 aromatic rings. The molecule has 0 N–H and O–H groups in total. The second kappa shape index (κ2) is 8.27. The average molecular weight is 445 g/mol. The van der Waals surface area contributed by atoms with Crippen LogP contribution >= 0.6 is 0 Å². The highest BCUT2D eigenvalue weighted by molar-refractivity contribution is 6.14. The van der Waals surface area contributed by atoms with Crippen LogP contribution in [0.5, 0.6) is 0 Å². The number of hydrogen-bond acceptors (Lipinski definition) is 5. The molecule has 3 aliphatic rings. The number of carbonyl (C=O) groups excluding carboxylic acids is 3. The van der Waals surface area contributed by atoms with E-state index in [9.17, 15) is 14.4 Å². The first-order valence-electron chi connectivity index (χ1n) is 11.4. The fraction of sp³-hybridized carbons (Fsp3) is 0.370. The summed E-state index contributed by atoms with van der Waals surface area (Å²) in [6, 6.07) is 14.3. The number of methoxy groups -OCH3 is 1. The van der Waals surface area contributed by atoms with E-state index in [0.717, 1.165) is 22.4 Å². The molecule has 0 spiro atoms. The van der Waals surface area contributed by atoms with Crippen molar-refractivity contribution in [1.29, 1.82) is 0 Å². The third kappa shape index (κ3) is 3.32. The molecule has 2 fully saturated rings. The van der Waals surface area contributed by atoms with Gasteiger partial charge in [0.05, 0.1) is 17.9 Å². The highest BCUT2D eigenvalue weighted by atomic mass is 16.5. The molecule has 2 amide bonds. The maximum absolute atomic E-state index is 13.9. The van der Waals surface area contributed by atoms with Gasteiger partial charge in [-0.25, -0.2) is 0 Å². The minimum absolute atomic E-state index is 0.116. The normalized spacial score (nSPS) is 25.6. The number of hydrogen-bond donors (Lipinski definition) is 0. The standard InChI is InChI=1S/C27H28N2O4/c1-16-9-11-18(12-10-16)25(30)24-23-22(26(31)28(27(23)32)13-6-14-33-3)21-15-17(2)19-7-4-5-8-20(19)29(21)24/h4-5,7-12,15,21-24H,6,13-14H2,1-3H3/t21-,22-,23-,24+/m0/s1. The number of para-hydroxylation sites is 1. The predicted octanol–water partition coefficient (Wildman–Crippen LogP) is 3.49. The van der Waals surface area contributed by atoms with Gasteiger partial charge < -0.3 is 9.64 Å². The maximum atomic E-state index is 13.9. The number of carbonyl (C=O) groups is 3. The second-order valence-electron chi connectivity index (χ2n) is 9.17. The summed E-state index contributed by atoms with van der Waals surface area (Å²) in [6.07, 6.45) is 2.64. The van der Waals surface area contributed by atoms with Gasteiger partial charge in [0.2, 0.25) is 11.8 Å². The number of nitrogens with zero attached hydrogens (tertiary/aromatic N) is 2. The molecule has 3 aliphatic heterocycles. The summed E-state index contributed by atoms with van der Waals surface area (Å²) in [4.78, 5) is 44.4. The summed E-state index contributed by atoms with van der Waals surface area (Å²) in [5.74, 6) is -1.81. The molecule has 2 saturated heterocycles. The Bertz CT molecular complexity index is 1150. The molecule has 6 nitrogen and oxygen atoms in total. The molecule has 170 valence electrons. The maximum Gasteiger partial charge on any atom is 0.235 e. The molecule has 0 aromatic heterocycles. The monoisotopic (exact) mass is 444 g/mol. The number of benzene rings is 2. The third-order valence-electron chi connectivity index (χ3n) is 7.18. The lowest BCUT2D eigenvalue weighted by Gasteiger charge is -2.38. The van der Waals surface area contributed by atoms with Crippen LogP contribution in [-0.4, -0.2) is 54.8 Å². The van der Waals surface area contributed by atoms with Crippen molar-refractivity contribution in [2.24, 2.45) is 11.8 Å². The molecule has 0 unspecified atom stereocenters. The van der Waals surface area contributed by atoms with E-state index in [1.54, 1.807) is 7.11 Å². The molecule has 6 heteroatoms. The molecule has 0 radical (unpaired) electrons. The van der Waals surface area contributed by atoms with Crippen LogP contribution in [0.2, 0.25) is 0 Å². The summed E-state index contributed by atoms with van der Waals surface area (Å²) in [5.41, 5.74) is 4.63. The lowest BCUT2D eigenvalue weighted by molar-refractivity contribution is -0.140. The Hall–Kier alpha value is -3.25. The van der Waals surface area contributed by atoms with Crippen molar-refractivity contribution in [2.75, 3.05) is 25.2 Å². The minimum atomic E-state index is -0.725. The predicted molar refractivity (Wildman–Crippen MR) is 126 cm³/mol. The largest absolute Gasteiger partial charge is 0.385 e. The van der Waals surface area contributed by atoms with Crippen LogP contribution in [-0.2, 0) is 14.3 Å². The lowest BCUT2D eigenvalue weighted by Crippen LogP contribution is -2.49. The zero-order chi connectivity index (χ0) is 23.3. The van der Waals surface area contributed by atoms with Gasteiger partial charge in [0, 0.05) is 37.1 Å². The van der Waals surface area contributed by atoms with Gasteiger partial charge in [-0.1, -0.05) is 54.1 Å². The van der Waals surface area contributed by atoms with Crippen molar-refractivity contribution in [3.05, 3.63) is 71.3 Å². The minimum Gasteiger partial charge on any atom is -0.385 e. The number of anilines is 1. The number of allylic oxidation sites excluding steroid dienone is 1. The van der Waals surface area contributed by atoms with Crippen LogP contribution < -0.4 is 4.90 Å². The van der Waals surface area contributed by atoms with E-state index in [0.29, 0.717) is 25.1 Å². The number of imide groups is 1. The smallest absolute Gasteiger partial charge is 0.235 e. The molecular weight excluding hydrogens is 416 g/mol. The molecule has 0 aliphatic carbocycles. The van der Waals surface area contributed by atoms with Crippen LogP contribution in [0.3, 0.4) is 0 Å². The Morgan fingerprint density at radius 2 is 1.67 bits per heavy atom. The Morgan fingerprint density at radius 1 is 0.970 bits per heavy atom. The Balaban J connectivity index is 1.61. The van der Waals surface area contributed by atoms with Gasteiger partial charge in [-0.05, 0) is 31.9 Å². The van der Waals surface area contributed by atoms with Crippen molar-refractivity contribution in [1.82, 2.24) is 4.90 Å². The number of likely N-dealkylation sites (tertiary alicyclic amines) is 1. The number of rotatable bonds is 6. The summed E-state index contributed by atoms with van der Waals surface area (Å²) < 4.78 is 5.11. The highest BCUT2D eigenvalue weighted by Gasteiger charge is 2.64. The molecule has 33 heavy (non-hydrogen) atoms. The van der Waals surface area contributed by atoms with Gasteiger partial charge in [0.15, 0.2) is 5.78 Å². The number of Topliss-reactive ketones (excluding diaryl/α,β-unsaturated/α-hetero) is 1. The number of fused-ring (bicyclic) bond motifs is 5. The van der Waals surface area contributed by atoms with E-state index in [-0.39, 0.29) is 23.6 Å². The summed E-state index contributed by atoms with van der Waals surface area (Å²) in [5, 5.41) is 0. The molecular formula is C27H28N2O4. The van der Waals surface area contributed by atoms with Crippen LogP contribution in [0.1, 0.15) is 34.8 Å². The first kappa shape index (κ1) is 21.6. The van der Waals surface area contributed by atoms with E-state index in [4.69, 9.17) is 4.74 Å². The van der Waals surface area contributed by atoms with Gasteiger partial charge in [-0.3, -0.25) is 19.3 Å². The number of aryl methyl sites for hydroxylation is 1. The van der Waals surface area contributed by atoms with E-state index in [2.05, 4.69) is 6.08 Å². The van der Waals surface area contributed by atoms with Gasteiger partial charge in [-0.2, -0.15) is 0 Å². The van der Waals surface area contributed by atoms with Crippen molar-refractivity contribution in [3.8, 4) is 0 Å². The van der Waals surface area contributed by atoms with Gasteiger partial charge >= 0.3 is 0 Å². The van der Waals surface area contributed by atoms with Gasteiger partial charge in [-0.15, -0.1) is 0 Å². The number of ketones is 1. The van der Waals surface area contributed by atoms with E-state index < -0.39 is 17.9 Å². The van der Waals surface area contributed by atoms with Crippen LogP contribution in [0.25, 0.3) is 5.57 Å². The molecule has 3 heterocycles. The molecule has 5 rings (SSSR count). The molecule has 4 atom stereocenters. The lowest BCUT2D eigenvalue weighted by atomic mass is 9.85. The van der Waals surface area contributed by atoms with Crippen LogP contribution in [0.4, 0.5) is 5.69 Å². The Labute approximate surface area is 193 Å². The van der Waals surface area contributed by atoms with E-state index in [1.165, 1.54) is 4.90 Å². The highest BCUT2D eigenvalue weighted by Crippen LogP contribution is 2.50. The summed E-state index contributed by atoms with van der Waals surface area (Å²) in [7, 11) is 1.60. The Morgan fingerprint density at radius 3 is 2.39 bits per heavy atom. The van der Waals surface area contributed by atoms with Crippen molar-refractivity contribution < 1.29 is 19.1 Å².